The number of hydrogen-bond acceptors (Lipinski definition) is 5. The smallest absolute Gasteiger partial charge is 0.161 e. The van der Waals surface area contributed by atoms with E-state index >= 15 is 0 Å². The number of hydrazone groups is 1. The Bertz CT molecular complexity index is 1240. The average Bonchev–Trinajstić information content (AvgIpc) is 3.60. The summed E-state index contributed by atoms with van der Waals surface area (Å²) in [6.45, 7) is 4.16. The van der Waals surface area contributed by atoms with Crippen LogP contribution < -0.4 is 10.3 Å². The zero-order valence-corrected chi connectivity index (χ0v) is 21.0. The third kappa shape index (κ3) is 6.45. The van der Waals surface area contributed by atoms with Crippen molar-refractivity contribution >= 4 is 22.9 Å². The van der Waals surface area contributed by atoms with E-state index in [-0.39, 0.29) is 6.17 Å². The number of nitrogens with zero attached hydrogens (tertiary/aromatic N) is 4. The number of hydrogen-bond donors (Lipinski definition) is 1. The van der Waals surface area contributed by atoms with Crippen molar-refractivity contribution in [1.82, 2.24) is 5.43 Å². The molecular formula is C31H33N5. The minimum Gasteiger partial charge on any atom is -0.302 e. The highest BCUT2D eigenvalue weighted by atomic mass is 15.5. The summed E-state index contributed by atoms with van der Waals surface area (Å²) in [5.74, 6) is 0.969. The molecule has 0 fully saturated rings. The van der Waals surface area contributed by atoms with E-state index in [1.165, 1.54) is 5.56 Å². The minimum absolute atomic E-state index is 0.152. The Balaban J connectivity index is 0.000000179. The van der Waals surface area contributed by atoms with Gasteiger partial charge in [0.05, 0.1) is 11.4 Å². The van der Waals surface area contributed by atoms with Crippen LogP contribution in [0.3, 0.4) is 0 Å². The molecule has 2 aliphatic rings. The van der Waals surface area contributed by atoms with Crippen molar-refractivity contribution in [3.05, 3.63) is 126 Å². The van der Waals surface area contributed by atoms with Crippen LogP contribution in [0.4, 0.5) is 5.69 Å². The molecule has 5 nitrogen and oxygen atoms in total. The van der Waals surface area contributed by atoms with Gasteiger partial charge in [-0.1, -0.05) is 104 Å². The van der Waals surface area contributed by atoms with E-state index in [1.807, 2.05) is 49.4 Å². The van der Waals surface area contributed by atoms with Gasteiger partial charge in [0.2, 0.25) is 0 Å². The molecule has 2 heterocycles. The molecule has 0 radical (unpaired) electrons. The highest BCUT2D eigenvalue weighted by Gasteiger charge is 2.28. The van der Waals surface area contributed by atoms with Gasteiger partial charge in [0.25, 0.3) is 0 Å². The zero-order chi connectivity index (χ0) is 25.0. The molecular weight excluding hydrogens is 442 g/mol. The number of amidine groups is 1. The van der Waals surface area contributed by atoms with Crippen molar-refractivity contribution in [2.45, 2.75) is 39.3 Å². The molecule has 0 saturated heterocycles. The SMILES string of the molecule is C/C=C\CC1NN=C(c2ccccc2)N1c1ccccc1.CC/C=C/C1=NN=C(c2ccccc2)C1. The Kier molecular flexibility index (Phi) is 8.98. The van der Waals surface area contributed by atoms with Gasteiger partial charge in [0.1, 0.15) is 6.17 Å². The first-order chi connectivity index (χ1) is 17.8. The first-order valence-electron chi connectivity index (χ1n) is 12.5. The number of nitrogens with one attached hydrogen (secondary N) is 1. The highest BCUT2D eigenvalue weighted by Crippen LogP contribution is 2.24. The largest absolute Gasteiger partial charge is 0.302 e. The van der Waals surface area contributed by atoms with Gasteiger partial charge >= 0.3 is 0 Å². The van der Waals surface area contributed by atoms with Crippen molar-refractivity contribution < 1.29 is 0 Å². The van der Waals surface area contributed by atoms with Crippen molar-refractivity contribution in [3.8, 4) is 0 Å². The van der Waals surface area contributed by atoms with Crippen molar-refractivity contribution in [1.29, 1.82) is 0 Å². The summed E-state index contributed by atoms with van der Waals surface area (Å²) in [6, 6.07) is 30.9. The van der Waals surface area contributed by atoms with Crippen molar-refractivity contribution in [3.63, 3.8) is 0 Å². The van der Waals surface area contributed by atoms with Crippen molar-refractivity contribution in [2.75, 3.05) is 4.90 Å². The van der Waals surface area contributed by atoms with E-state index in [9.17, 15) is 0 Å². The second-order valence-electron chi connectivity index (χ2n) is 8.45. The van der Waals surface area contributed by atoms with Crippen LogP contribution in [0.1, 0.15) is 44.2 Å². The van der Waals surface area contributed by atoms with Gasteiger partial charge in [-0.15, -0.1) is 0 Å². The van der Waals surface area contributed by atoms with Gasteiger partial charge in [0.15, 0.2) is 5.84 Å². The number of anilines is 1. The van der Waals surface area contributed by atoms with Crippen LogP contribution in [0, 0.1) is 0 Å². The summed E-state index contributed by atoms with van der Waals surface area (Å²) in [6.07, 6.45) is 11.4. The first-order valence-corrected chi connectivity index (χ1v) is 12.5. The van der Waals surface area contributed by atoms with Crippen LogP contribution >= 0.6 is 0 Å². The van der Waals surface area contributed by atoms with Crippen LogP contribution in [0.15, 0.2) is 131 Å². The van der Waals surface area contributed by atoms with Gasteiger partial charge < -0.3 is 4.90 Å². The van der Waals surface area contributed by atoms with E-state index < -0.39 is 0 Å². The van der Waals surface area contributed by atoms with Crippen LogP contribution in [-0.4, -0.2) is 23.4 Å². The fourth-order valence-corrected chi connectivity index (χ4v) is 4.00. The van der Waals surface area contributed by atoms with Crippen molar-refractivity contribution in [2.24, 2.45) is 15.3 Å². The quantitative estimate of drug-likeness (QED) is 0.376. The van der Waals surface area contributed by atoms with E-state index in [4.69, 9.17) is 0 Å². The Morgan fingerprint density at radius 1 is 0.833 bits per heavy atom. The first kappa shape index (κ1) is 24.9. The van der Waals surface area contributed by atoms with Gasteiger partial charge in [-0.05, 0) is 37.1 Å². The maximum Gasteiger partial charge on any atom is 0.161 e. The second-order valence-corrected chi connectivity index (χ2v) is 8.45. The zero-order valence-electron chi connectivity index (χ0n) is 21.0. The molecule has 36 heavy (non-hydrogen) atoms. The summed E-state index contributed by atoms with van der Waals surface area (Å²) in [7, 11) is 0. The summed E-state index contributed by atoms with van der Waals surface area (Å²) in [5, 5.41) is 12.9. The standard InChI is InChI=1S/C18H19N3.C13H14N2/c1-2-3-14-17-19-20-18(15-10-6-4-7-11-15)21(17)16-12-8-5-9-13-16;1-2-3-9-12-10-13(15-14-12)11-7-5-4-6-8-11/h2-13,17,19H,14H2,1H3;3-9H,2,10H2,1H3/b3-2-;9-3+. The number of rotatable bonds is 7. The van der Waals surface area contributed by atoms with E-state index in [0.717, 1.165) is 47.8 Å². The summed E-state index contributed by atoms with van der Waals surface area (Å²) >= 11 is 0. The molecule has 0 bridgehead atoms. The molecule has 0 saturated carbocycles. The molecule has 1 N–H and O–H groups in total. The normalized spacial score (nSPS) is 16.9. The number of benzene rings is 3. The highest BCUT2D eigenvalue weighted by molar-refractivity contribution is 6.18. The summed E-state index contributed by atoms with van der Waals surface area (Å²) in [4.78, 5) is 2.26. The lowest BCUT2D eigenvalue weighted by Crippen LogP contribution is -2.40. The van der Waals surface area contributed by atoms with Gasteiger partial charge in [-0.3, -0.25) is 5.43 Å². The number of para-hydroxylation sites is 1. The Morgan fingerprint density at radius 2 is 1.47 bits per heavy atom. The van der Waals surface area contributed by atoms with Crippen LogP contribution in [0.5, 0.6) is 0 Å². The second kappa shape index (κ2) is 13.0. The molecule has 5 rings (SSSR count). The monoisotopic (exact) mass is 475 g/mol. The van der Waals surface area contributed by atoms with E-state index in [0.29, 0.717) is 0 Å². The van der Waals surface area contributed by atoms with E-state index in [1.54, 1.807) is 0 Å². The molecule has 2 aliphatic heterocycles. The summed E-state index contributed by atoms with van der Waals surface area (Å²) in [5.41, 5.74) is 8.81. The molecule has 182 valence electrons. The maximum absolute atomic E-state index is 4.56. The van der Waals surface area contributed by atoms with Crippen LogP contribution in [0.2, 0.25) is 0 Å². The van der Waals surface area contributed by atoms with Gasteiger partial charge in [-0.25, -0.2) is 0 Å². The predicted octanol–water partition coefficient (Wildman–Crippen LogP) is 6.95. The van der Waals surface area contributed by atoms with E-state index in [2.05, 4.69) is 105 Å². The Labute approximate surface area is 214 Å². The fourth-order valence-electron chi connectivity index (χ4n) is 4.00. The molecule has 0 spiro atoms. The summed E-state index contributed by atoms with van der Waals surface area (Å²) < 4.78 is 0. The molecule has 0 amide bonds. The molecule has 3 aromatic carbocycles. The van der Waals surface area contributed by atoms with Gasteiger partial charge in [0, 0.05) is 24.1 Å². The fraction of sp³-hybridized carbons (Fsp3) is 0.194. The third-order valence-electron chi connectivity index (χ3n) is 5.82. The van der Waals surface area contributed by atoms with Gasteiger partial charge in [-0.2, -0.15) is 15.3 Å². The maximum atomic E-state index is 4.56. The Morgan fingerprint density at radius 3 is 2.11 bits per heavy atom. The van der Waals surface area contributed by atoms with Crippen LogP contribution in [0.25, 0.3) is 0 Å². The molecule has 1 unspecified atom stereocenters. The molecule has 5 heteroatoms. The lowest BCUT2D eigenvalue weighted by Gasteiger charge is -2.26. The molecule has 3 aromatic rings. The van der Waals surface area contributed by atoms with Crippen LogP contribution in [-0.2, 0) is 0 Å². The molecule has 0 aromatic heterocycles. The predicted molar refractivity (Wildman–Crippen MR) is 153 cm³/mol. The lowest BCUT2D eigenvalue weighted by atomic mass is 10.1. The third-order valence-corrected chi connectivity index (χ3v) is 5.82. The molecule has 1 atom stereocenters. The lowest BCUT2D eigenvalue weighted by molar-refractivity contribution is 0.589. The molecule has 0 aliphatic carbocycles. The topological polar surface area (TPSA) is 52.4 Å². The Hall–Kier alpha value is -4.25. The average molecular weight is 476 g/mol. The number of allylic oxidation sites excluding steroid dienone is 3. The minimum atomic E-state index is 0.152.